The highest BCUT2D eigenvalue weighted by molar-refractivity contribution is 6.35. The molecule has 31 heavy (non-hydrogen) atoms. The number of hydrogen-bond acceptors (Lipinski definition) is 8. The first-order chi connectivity index (χ1) is 14.9. The van der Waals surface area contributed by atoms with Crippen molar-refractivity contribution >= 4 is 29.2 Å². The lowest BCUT2D eigenvalue weighted by Gasteiger charge is -2.32. The van der Waals surface area contributed by atoms with Gasteiger partial charge in [-0.2, -0.15) is 4.98 Å². The van der Waals surface area contributed by atoms with Gasteiger partial charge < -0.3 is 20.1 Å². The van der Waals surface area contributed by atoms with E-state index in [1.165, 1.54) is 0 Å². The lowest BCUT2D eigenvalue weighted by atomic mass is 9.92. The molecule has 9 heteroatoms. The predicted molar refractivity (Wildman–Crippen MR) is 119 cm³/mol. The van der Waals surface area contributed by atoms with Crippen molar-refractivity contribution in [3.63, 3.8) is 0 Å². The molecule has 4 rings (SSSR count). The fraction of sp³-hybridized carbons (Fsp3) is 0.455. The normalized spacial score (nSPS) is 18.4. The Morgan fingerprint density at radius 3 is 2.77 bits per heavy atom. The molecule has 2 N–H and O–H groups in total. The van der Waals surface area contributed by atoms with Gasteiger partial charge in [0.25, 0.3) is 0 Å². The number of allylic oxidation sites excluding steroid dienone is 1. The minimum Gasteiger partial charge on any atom is -0.496 e. The van der Waals surface area contributed by atoms with E-state index in [4.69, 9.17) is 26.8 Å². The number of Topliss-reactive ketones (excluding diaryl/α,β-unsaturated/α-hetero) is 1. The number of aromatic nitrogens is 3. The molecule has 2 aromatic heterocycles. The molecule has 0 amide bonds. The van der Waals surface area contributed by atoms with Gasteiger partial charge in [0.15, 0.2) is 5.78 Å². The second kappa shape index (κ2) is 8.80. The zero-order valence-electron chi connectivity index (χ0n) is 17.9. The predicted octanol–water partition coefficient (Wildman–Crippen LogP) is 3.29. The van der Waals surface area contributed by atoms with Crippen LogP contribution in [0.15, 0.2) is 17.8 Å². The SMILES string of the molecule is COc1c(C)cnc(CN2CC(=CC3CCOCC3)C(=O)c3c(Cl)nc(N)nc32)c1C. The topological polar surface area (TPSA) is 103 Å². The summed E-state index contributed by atoms with van der Waals surface area (Å²) >= 11 is 6.36. The van der Waals surface area contributed by atoms with E-state index in [0.29, 0.717) is 43.6 Å². The van der Waals surface area contributed by atoms with Gasteiger partial charge in [0.1, 0.15) is 22.3 Å². The minimum atomic E-state index is -0.145. The number of rotatable bonds is 4. The summed E-state index contributed by atoms with van der Waals surface area (Å²) in [5.74, 6) is 1.42. The molecular formula is C22H26ClN5O3. The van der Waals surface area contributed by atoms with E-state index in [-0.39, 0.29) is 22.4 Å². The molecule has 0 bridgehead atoms. The Morgan fingerprint density at radius 2 is 2.06 bits per heavy atom. The summed E-state index contributed by atoms with van der Waals surface area (Å²) in [6.07, 6.45) is 5.64. The zero-order chi connectivity index (χ0) is 22.1. The number of ether oxygens (including phenoxy) is 2. The number of aryl methyl sites for hydroxylation is 1. The third kappa shape index (κ3) is 4.22. The average Bonchev–Trinajstić information content (AvgIpc) is 2.74. The maximum absolute atomic E-state index is 13.3. The monoisotopic (exact) mass is 443 g/mol. The summed E-state index contributed by atoms with van der Waals surface area (Å²) in [6.45, 7) is 6.17. The number of hydrogen-bond donors (Lipinski definition) is 1. The molecule has 1 saturated heterocycles. The Morgan fingerprint density at radius 1 is 1.32 bits per heavy atom. The molecule has 2 aliphatic heterocycles. The molecule has 0 unspecified atom stereocenters. The molecule has 0 atom stereocenters. The van der Waals surface area contributed by atoms with Crippen molar-refractivity contribution in [2.24, 2.45) is 5.92 Å². The van der Waals surface area contributed by atoms with Crippen LogP contribution in [-0.2, 0) is 11.3 Å². The first-order valence-electron chi connectivity index (χ1n) is 10.3. The Balaban J connectivity index is 1.75. The number of nitrogen functional groups attached to an aromatic ring is 1. The van der Waals surface area contributed by atoms with Crippen LogP contribution in [0.2, 0.25) is 5.15 Å². The third-order valence-corrected chi connectivity index (χ3v) is 6.11. The molecule has 0 aromatic carbocycles. The van der Waals surface area contributed by atoms with Crippen LogP contribution in [0.25, 0.3) is 0 Å². The number of carbonyl (C=O) groups excluding carboxylic acids is 1. The number of methoxy groups -OCH3 is 1. The molecule has 2 aromatic rings. The van der Waals surface area contributed by atoms with Crippen molar-refractivity contribution in [2.75, 3.05) is 37.5 Å². The third-order valence-electron chi connectivity index (χ3n) is 5.84. The van der Waals surface area contributed by atoms with E-state index in [1.54, 1.807) is 13.3 Å². The molecule has 2 aliphatic rings. The largest absolute Gasteiger partial charge is 0.496 e. The van der Waals surface area contributed by atoms with Crippen LogP contribution in [0.4, 0.5) is 11.8 Å². The average molecular weight is 444 g/mol. The van der Waals surface area contributed by atoms with Gasteiger partial charge in [-0.05, 0) is 32.6 Å². The van der Waals surface area contributed by atoms with Crippen molar-refractivity contribution in [3.05, 3.63) is 45.4 Å². The summed E-state index contributed by atoms with van der Waals surface area (Å²) in [5, 5.41) is 0.0706. The lowest BCUT2D eigenvalue weighted by Crippen LogP contribution is -2.36. The van der Waals surface area contributed by atoms with Crippen molar-refractivity contribution in [1.82, 2.24) is 15.0 Å². The van der Waals surface area contributed by atoms with Crippen molar-refractivity contribution in [2.45, 2.75) is 33.2 Å². The molecule has 0 spiro atoms. The molecule has 0 aliphatic carbocycles. The Kier molecular flexibility index (Phi) is 6.11. The fourth-order valence-electron chi connectivity index (χ4n) is 4.21. The van der Waals surface area contributed by atoms with Gasteiger partial charge in [-0.1, -0.05) is 17.7 Å². The van der Waals surface area contributed by atoms with Crippen molar-refractivity contribution < 1.29 is 14.3 Å². The van der Waals surface area contributed by atoms with Crippen LogP contribution in [0.1, 0.15) is 40.0 Å². The summed E-state index contributed by atoms with van der Waals surface area (Å²) < 4.78 is 11.0. The number of pyridine rings is 1. The molecule has 1 fully saturated rings. The molecular weight excluding hydrogens is 418 g/mol. The van der Waals surface area contributed by atoms with Crippen LogP contribution in [-0.4, -0.2) is 47.6 Å². The summed E-state index contributed by atoms with van der Waals surface area (Å²) in [5.41, 5.74) is 9.58. The fourth-order valence-corrected chi connectivity index (χ4v) is 4.47. The number of anilines is 2. The highest BCUT2D eigenvalue weighted by Gasteiger charge is 2.33. The van der Waals surface area contributed by atoms with Gasteiger partial charge in [0.2, 0.25) is 5.95 Å². The summed E-state index contributed by atoms with van der Waals surface area (Å²) in [4.78, 5) is 28.2. The Labute approximate surface area is 186 Å². The van der Waals surface area contributed by atoms with Crippen molar-refractivity contribution in [1.29, 1.82) is 0 Å². The van der Waals surface area contributed by atoms with E-state index < -0.39 is 0 Å². The lowest BCUT2D eigenvalue weighted by molar-refractivity contribution is 0.0780. The minimum absolute atomic E-state index is 0.0320. The first kappa shape index (κ1) is 21.5. The van der Waals surface area contributed by atoms with Crippen LogP contribution < -0.4 is 15.4 Å². The first-order valence-corrected chi connectivity index (χ1v) is 10.7. The maximum Gasteiger partial charge on any atom is 0.223 e. The number of carbonyl (C=O) groups is 1. The summed E-state index contributed by atoms with van der Waals surface area (Å²) in [6, 6.07) is 0. The molecule has 8 nitrogen and oxygen atoms in total. The number of nitrogens with two attached hydrogens (primary N) is 1. The molecule has 0 radical (unpaired) electrons. The molecule has 4 heterocycles. The van der Waals surface area contributed by atoms with Crippen LogP contribution in [0.3, 0.4) is 0 Å². The molecule has 0 saturated carbocycles. The van der Waals surface area contributed by atoms with Crippen molar-refractivity contribution in [3.8, 4) is 5.75 Å². The van der Waals surface area contributed by atoms with Crippen LogP contribution >= 0.6 is 11.6 Å². The van der Waals surface area contributed by atoms with Gasteiger partial charge in [0.05, 0.1) is 19.3 Å². The number of halogens is 1. The molecule has 164 valence electrons. The quantitative estimate of drug-likeness (QED) is 0.567. The summed E-state index contributed by atoms with van der Waals surface area (Å²) in [7, 11) is 1.65. The van der Waals surface area contributed by atoms with Gasteiger partial charge in [-0.3, -0.25) is 9.78 Å². The highest BCUT2D eigenvalue weighted by atomic mass is 35.5. The second-order valence-corrected chi connectivity index (χ2v) is 8.30. The van der Waals surface area contributed by atoms with E-state index in [1.807, 2.05) is 18.7 Å². The van der Waals surface area contributed by atoms with Gasteiger partial charge in [-0.25, -0.2) is 4.98 Å². The van der Waals surface area contributed by atoms with Gasteiger partial charge in [-0.15, -0.1) is 0 Å². The Hall–Kier alpha value is -2.71. The van der Waals surface area contributed by atoms with E-state index >= 15 is 0 Å². The van der Waals surface area contributed by atoms with E-state index in [9.17, 15) is 4.79 Å². The van der Waals surface area contributed by atoms with E-state index in [2.05, 4.69) is 21.0 Å². The maximum atomic E-state index is 13.3. The number of fused-ring (bicyclic) bond motifs is 1. The second-order valence-electron chi connectivity index (χ2n) is 7.94. The number of nitrogens with zero attached hydrogens (tertiary/aromatic N) is 4. The smallest absolute Gasteiger partial charge is 0.223 e. The number of ketones is 1. The van der Waals surface area contributed by atoms with Crippen LogP contribution in [0.5, 0.6) is 5.75 Å². The standard InChI is InChI=1S/C22H26ClN5O3/c1-12-9-25-16(13(2)19(12)30-3)11-28-10-15(8-14-4-6-31-7-5-14)18(29)17-20(23)26-22(24)27-21(17)28/h8-9,14H,4-7,10-11H2,1-3H3,(H2,24,26,27). The van der Waals surface area contributed by atoms with Crippen LogP contribution in [0, 0.1) is 19.8 Å². The zero-order valence-corrected chi connectivity index (χ0v) is 18.7. The van der Waals surface area contributed by atoms with E-state index in [0.717, 1.165) is 35.4 Å². The van der Waals surface area contributed by atoms with Gasteiger partial charge >= 0.3 is 0 Å². The Bertz CT molecular complexity index is 1050. The highest BCUT2D eigenvalue weighted by Crippen LogP contribution is 2.35. The van der Waals surface area contributed by atoms with Gasteiger partial charge in [0, 0.05) is 42.7 Å².